The van der Waals surface area contributed by atoms with Crippen molar-refractivity contribution in [3.05, 3.63) is 29.6 Å². The van der Waals surface area contributed by atoms with Crippen LogP contribution in [-0.2, 0) is 0 Å². The molecule has 5 nitrogen and oxygen atoms in total. The van der Waals surface area contributed by atoms with Crippen LogP contribution in [0.25, 0.3) is 0 Å². The molecule has 1 saturated carbocycles. The zero-order valence-electron chi connectivity index (χ0n) is 11.8. The van der Waals surface area contributed by atoms with Gasteiger partial charge in [0.05, 0.1) is 11.8 Å². The summed E-state index contributed by atoms with van der Waals surface area (Å²) in [7, 11) is 0. The Balaban J connectivity index is 1.66. The van der Waals surface area contributed by atoms with Gasteiger partial charge >= 0.3 is 0 Å². The van der Waals surface area contributed by atoms with Gasteiger partial charge in [-0.1, -0.05) is 0 Å². The molecule has 1 saturated heterocycles. The van der Waals surface area contributed by atoms with Crippen LogP contribution in [0.15, 0.2) is 18.2 Å². The molecular weight excluding hydrogens is 273 g/mol. The first-order valence-corrected chi connectivity index (χ1v) is 7.37. The van der Waals surface area contributed by atoms with Crippen molar-refractivity contribution in [1.82, 2.24) is 10.6 Å². The molecule has 0 aromatic heterocycles. The van der Waals surface area contributed by atoms with E-state index >= 15 is 0 Å². The van der Waals surface area contributed by atoms with Crippen LogP contribution >= 0.6 is 0 Å². The van der Waals surface area contributed by atoms with E-state index in [1.165, 1.54) is 6.07 Å². The summed E-state index contributed by atoms with van der Waals surface area (Å²) < 4.78 is 14.2. The molecule has 1 aromatic rings. The van der Waals surface area contributed by atoms with Gasteiger partial charge in [-0.15, -0.1) is 0 Å². The molecule has 1 aliphatic heterocycles. The Labute approximate surface area is 123 Å². The molecule has 1 aliphatic carbocycles. The van der Waals surface area contributed by atoms with Crippen molar-refractivity contribution >= 4 is 11.6 Å². The molecule has 0 spiro atoms. The molecule has 1 aromatic carbocycles. The van der Waals surface area contributed by atoms with E-state index < -0.39 is 0 Å². The van der Waals surface area contributed by atoms with Crippen molar-refractivity contribution in [2.24, 2.45) is 0 Å². The second-order valence-corrected chi connectivity index (χ2v) is 5.70. The number of anilines is 1. The summed E-state index contributed by atoms with van der Waals surface area (Å²) in [5.41, 5.74) is 0.875. The minimum absolute atomic E-state index is 0.00315. The van der Waals surface area contributed by atoms with Crippen LogP contribution in [0.4, 0.5) is 10.1 Å². The minimum atomic E-state index is -0.363. The maximum Gasteiger partial charge on any atom is 0.251 e. The number of carbonyl (C=O) groups is 1. The lowest BCUT2D eigenvalue weighted by Gasteiger charge is -2.32. The predicted molar refractivity (Wildman–Crippen MR) is 78.0 cm³/mol. The maximum absolute atomic E-state index is 14.2. The number of halogens is 1. The lowest BCUT2D eigenvalue weighted by atomic mass is 9.89. The highest BCUT2D eigenvalue weighted by atomic mass is 19.1. The van der Waals surface area contributed by atoms with Gasteiger partial charge in [-0.2, -0.15) is 0 Å². The van der Waals surface area contributed by atoms with E-state index in [1.54, 1.807) is 12.1 Å². The number of nitrogens with one attached hydrogen (secondary N) is 2. The second kappa shape index (κ2) is 5.99. The van der Waals surface area contributed by atoms with Gasteiger partial charge < -0.3 is 20.6 Å². The standard InChI is InChI=1S/C15H20FN3O2/c16-13-7-10(15(21)18-11-8-12(20)9-11)1-2-14(13)19-5-3-17-4-6-19/h1-2,7,11-12,17,20H,3-6,8-9H2,(H,18,21)/t11-,12+. The van der Waals surface area contributed by atoms with Crippen molar-refractivity contribution in [3.8, 4) is 0 Å². The molecule has 0 unspecified atom stereocenters. The molecule has 21 heavy (non-hydrogen) atoms. The van der Waals surface area contributed by atoms with E-state index in [9.17, 15) is 14.3 Å². The number of benzene rings is 1. The Hall–Kier alpha value is -1.66. The lowest BCUT2D eigenvalue weighted by molar-refractivity contribution is 0.0562. The Morgan fingerprint density at radius 1 is 1.33 bits per heavy atom. The van der Waals surface area contributed by atoms with Crippen LogP contribution in [-0.4, -0.2) is 49.3 Å². The fourth-order valence-electron chi connectivity index (χ4n) is 2.78. The van der Waals surface area contributed by atoms with Gasteiger partial charge in [0.25, 0.3) is 5.91 Å². The Morgan fingerprint density at radius 2 is 2.05 bits per heavy atom. The summed E-state index contributed by atoms with van der Waals surface area (Å²) in [5, 5.41) is 15.2. The Kier molecular flexibility index (Phi) is 4.07. The van der Waals surface area contributed by atoms with Gasteiger partial charge in [-0.3, -0.25) is 4.79 Å². The molecule has 0 radical (unpaired) electrons. The Bertz CT molecular complexity index is 526. The van der Waals surface area contributed by atoms with E-state index in [4.69, 9.17) is 0 Å². The number of piperazine rings is 1. The minimum Gasteiger partial charge on any atom is -0.393 e. The van der Waals surface area contributed by atoms with Crippen LogP contribution < -0.4 is 15.5 Å². The largest absolute Gasteiger partial charge is 0.393 e. The fraction of sp³-hybridized carbons (Fsp3) is 0.533. The number of hydrogen-bond acceptors (Lipinski definition) is 4. The first-order valence-electron chi connectivity index (χ1n) is 7.37. The molecule has 1 amide bonds. The van der Waals surface area contributed by atoms with Crippen LogP contribution in [0.5, 0.6) is 0 Å². The molecule has 2 fully saturated rings. The van der Waals surface area contributed by atoms with Crippen molar-refractivity contribution in [2.75, 3.05) is 31.1 Å². The highest BCUT2D eigenvalue weighted by Crippen LogP contribution is 2.23. The molecule has 2 aliphatic rings. The molecule has 114 valence electrons. The van der Waals surface area contributed by atoms with Crippen LogP contribution in [0.2, 0.25) is 0 Å². The number of amides is 1. The molecule has 0 bridgehead atoms. The molecule has 0 atom stereocenters. The second-order valence-electron chi connectivity index (χ2n) is 5.70. The number of aliphatic hydroxyl groups is 1. The van der Waals surface area contributed by atoms with Gasteiger partial charge in [-0.25, -0.2) is 4.39 Å². The number of rotatable bonds is 3. The van der Waals surface area contributed by atoms with Crippen molar-refractivity contribution in [3.63, 3.8) is 0 Å². The molecule has 3 N–H and O–H groups in total. The average molecular weight is 293 g/mol. The van der Waals surface area contributed by atoms with Gasteiger partial charge in [-0.05, 0) is 31.0 Å². The molecular formula is C15H20FN3O2. The van der Waals surface area contributed by atoms with Gasteiger partial charge in [0.1, 0.15) is 5.82 Å². The number of hydrogen-bond donors (Lipinski definition) is 3. The number of carbonyl (C=O) groups excluding carboxylic acids is 1. The monoisotopic (exact) mass is 293 g/mol. The SMILES string of the molecule is O=C(N[C@H]1C[C@@H](O)C1)c1ccc(N2CCNCC2)c(F)c1. The zero-order valence-corrected chi connectivity index (χ0v) is 11.8. The van der Waals surface area contributed by atoms with Gasteiger partial charge in [0.15, 0.2) is 0 Å². The molecule has 1 heterocycles. The Morgan fingerprint density at radius 3 is 2.67 bits per heavy atom. The quantitative estimate of drug-likeness (QED) is 0.759. The van der Waals surface area contributed by atoms with Gasteiger partial charge in [0, 0.05) is 37.8 Å². The van der Waals surface area contributed by atoms with Crippen molar-refractivity contribution in [2.45, 2.75) is 25.0 Å². The third-order valence-electron chi connectivity index (χ3n) is 4.12. The third kappa shape index (κ3) is 3.16. The van der Waals surface area contributed by atoms with Crippen molar-refractivity contribution < 1.29 is 14.3 Å². The van der Waals surface area contributed by atoms with E-state index in [0.29, 0.717) is 24.1 Å². The summed E-state index contributed by atoms with van der Waals surface area (Å²) in [4.78, 5) is 14.0. The highest BCUT2D eigenvalue weighted by Gasteiger charge is 2.28. The van der Waals surface area contributed by atoms with Crippen LogP contribution in [0, 0.1) is 5.82 Å². The van der Waals surface area contributed by atoms with E-state index in [-0.39, 0.29) is 23.9 Å². The summed E-state index contributed by atoms with van der Waals surface area (Å²) in [6.07, 6.45) is 0.835. The van der Waals surface area contributed by atoms with E-state index in [1.807, 2.05) is 4.90 Å². The van der Waals surface area contributed by atoms with Crippen LogP contribution in [0.1, 0.15) is 23.2 Å². The topological polar surface area (TPSA) is 64.6 Å². The summed E-state index contributed by atoms with van der Waals surface area (Å²) >= 11 is 0. The van der Waals surface area contributed by atoms with Crippen molar-refractivity contribution in [1.29, 1.82) is 0 Å². The van der Waals surface area contributed by atoms with Gasteiger partial charge in [0.2, 0.25) is 0 Å². The molecule has 3 rings (SSSR count). The van der Waals surface area contributed by atoms with Crippen LogP contribution in [0.3, 0.4) is 0 Å². The third-order valence-corrected chi connectivity index (χ3v) is 4.12. The smallest absolute Gasteiger partial charge is 0.251 e. The number of nitrogens with zero attached hydrogens (tertiary/aromatic N) is 1. The maximum atomic E-state index is 14.2. The first-order chi connectivity index (χ1) is 10.1. The predicted octanol–water partition coefficient (Wildman–Crippen LogP) is 0.488. The highest BCUT2D eigenvalue weighted by molar-refractivity contribution is 5.94. The summed E-state index contributed by atoms with van der Waals surface area (Å²) in [6.45, 7) is 3.21. The van der Waals surface area contributed by atoms with E-state index in [2.05, 4.69) is 10.6 Å². The normalized spacial score (nSPS) is 25.3. The first kappa shape index (κ1) is 14.3. The number of aliphatic hydroxyl groups excluding tert-OH is 1. The summed E-state index contributed by atoms with van der Waals surface area (Å²) in [5.74, 6) is -0.643. The zero-order chi connectivity index (χ0) is 14.8. The lowest BCUT2D eigenvalue weighted by Crippen LogP contribution is -2.46. The molecule has 6 heteroatoms. The van der Waals surface area contributed by atoms with E-state index in [0.717, 1.165) is 26.2 Å². The summed E-state index contributed by atoms with van der Waals surface area (Å²) in [6, 6.07) is 4.63. The fourth-order valence-corrected chi connectivity index (χ4v) is 2.78. The average Bonchev–Trinajstić information content (AvgIpc) is 2.46.